The van der Waals surface area contributed by atoms with Crippen LogP contribution in [0.4, 0.5) is 0 Å². The molecule has 1 aromatic heterocycles. The molecule has 0 aliphatic rings. The predicted octanol–water partition coefficient (Wildman–Crippen LogP) is 1.32. The number of aliphatic hydroxyl groups is 1. The Kier molecular flexibility index (Phi) is 3.43. The number of methoxy groups -OCH3 is 1. The van der Waals surface area contributed by atoms with Gasteiger partial charge >= 0.3 is 5.97 Å². The van der Waals surface area contributed by atoms with Crippen LogP contribution in [0.2, 0.25) is 5.15 Å². The highest BCUT2D eigenvalue weighted by atomic mass is 35.5. The number of nitrogens with zero attached hydrogens (tertiary/aromatic N) is 1. The van der Waals surface area contributed by atoms with Crippen LogP contribution in [0.5, 0.6) is 0 Å². The van der Waals surface area contributed by atoms with Gasteiger partial charge in [0.2, 0.25) is 0 Å². The number of hydrogen-bond acceptors (Lipinski definition) is 4. The van der Waals surface area contributed by atoms with Gasteiger partial charge in [-0.25, -0.2) is 9.78 Å². The first-order chi connectivity index (χ1) is 6.60. The number of esters is 1. The molecule has 5 heteroatoms. The lowest BCUT2D eigenvalue weighted by atomic mass is 10.1. The third-order valence-electron chi connectivity index (χ3n) is 1.79. The van der Waals surface area contributed by atoms with Crippen molar-refractivity contribution in [2.24, 2.45) is 0 Å². The van der Waals surface area contributed by atoms with E-state index in [2.05, 4.69) is 9.72 Å². The van der Waals surface area contributed by atoms with Crippen molar-refractivity contribution in [2.75, 3.05) is 7.11 Å². The molecule has 0 aliphatic heterocycles. The summed E-state index contributed by atoms with van der Waals surface area (Å²) in [5.74, 6) is -0.533. The van der Waals surface area contributed by atoms with E-state index in [4.69, 9.17) is 16.7 Å². The Bertz CT molecular complexity index is 365. The van der Waals surface area contributed by atoms with Gasteiger partial charge in [0.1, 0.15) is 5.15 Å². The van der Waals surface area contributed by atoms with Crippen molar-refractivity contribution in [1.82, 2.24) is 4.98 Å². The molecule has 0 spiro atoms. The second kappa shape index (κ2) is 4.39. The van der Waals surface area contributed by atoms with Crippen LogP contribution in [-0.2, 0) is 11.3 Å². The minimum atomic E-state index is -0.533. The molecular weight excluding hydrogens is 206 g/mol. The number of pyridine rings is 1. The molecule has 0 amide bonds. The van der Waals surface area contributed by atoms with Crippen molar-refractivity contribution in [1.29, 1.82) is 0 Å². The van der Waals surface area contributed by atoms with Crippen molar-refractivity contribution in [3.8, 4) is 0 Å². The van der Waals surface area contributed by atoms with E-state index < -0.39 is 5.97 Å². The fraction of sp³-hybridized carbons (Fsp3) is 0.333. The minimum absolute atomic E-state index is 0.124. The van der Waals surface area contributed by atoms with Gasteiger partial charge < -0.3 is 9.84 Å². The van der Waals surface area contributed by atoms with E-state index in [-0.39, 0.29) is 17.5 Å². The molecule has 4 nitrogen and oxygen atoms in total. The highest BCUT2D eigenvalue weighted by molar-refractivity contribution is 6.30. The summed E-state index contributed by atoms with van der Waals surface area (Å²) >= 11 is 5.72. The van der Waals surface area contributed by atoms with Gasteiger partial charge in [-0.1, -0.05) is 11.6 Å². The van der Waals surface area contributed by atoms with Gasteiger partial charge in [-0.15, -0.1) is 0 Å². The molecular formula is C9H10ClNO3. The first-order valence-corrected chi connectivity index (χ1v) is 4.33. The number of rotatable bonds is 2. The average Bonchev–Trinajstić information content (AvgIpc) is 2.19. The van der Waals surface area contributed by atoms with Crippen LogP contribution >= 0.6 is 11.6 Å². The van der Waals surface area contributed by atoms with E-state index in [1.807, 2.05) is 0 Å². The molecule has 14 heavy (non-hydrogen) atoms. The molecule has 0 unspecified atom stereocenters. The standard InChI is InChI=1S/C9H10ClNO3/c1-5-3-6(4-12)8(10)11-7(5)9(13)14-2/h3,12H,4H2,1-2H3. The second-order valence-corrected chi connectivity index (χ2v) is 3.11. The van der Waals surface area contributed by atoms with Gasteiger partial charge in [-0.3, -0.25) is 0 Å². The van der Waals surface area contributed by atoms with Gasteiger partial charge in [0.25, 0.3) is 0 Å². The zero-order valence-electron chi connectivity index (χ0n) is 7.87. The molecule has 76 valence electrons. The zero-order valence-corrected chi connectivity index (χ0v) is 8.63. The summed E-state index contributed by atoms with van der Waals surface area (Å²) in [6.07, 6.45) is 0. The van der Waals surface area contributed by atoms with Gasteiger partial charge in [-0.2, -0.15) is 0 Å². The van der Waals surface area contributed by atoms with Crippen LogP contribution in [0, 0.1) is 6.92 Å². The van der Waals surface area contributed by atoms with Gasteiger partial charge in [0.15, 0.2) is 5.69 Å². The van der Waals surface area contributed by atoms with E-state index in [1.54, 1.807) is 13.0 Å². The summed E-state index contributed by atoms with van der Waals surface area (Å²) in [5.41, 5.74) is 1.30. The number of ether oxygens (including phenoxy) is 1. The molecule has 0 aromatic carbocycles. The van der Waals surface area contributed by atoms with Crippen molar-refractivity contribution in [3.63, 3.8) is 0 Å². The van der Waals surface area contributed by atoms with Crippen LogP contribution in [0.25, 0.3) is 0 Å². The summed E-state index contributed by atoms with van der Waals surface area (Å²) < 4.78 is 4.52. The first-order valence-electron chi connectivity index (χ1n) is 3.95. The van der Waals surface area contributed by atoms with Crippen LogP contribution in [0.3, 0.4) is 0 Å². The maximum atomic E-state index is 11.2. The number of carbonyl (C=O) groups excluding carboxylic acids is 1. The maximum absolute atomic E-state index is 11.2. The largest absolute Gasteiger partial charge is 0.464 e. The normalized spacial score (nSPS) is 10.0. The summed E-state index contributed by atoms with van der Waals surface area (Å²) in [7, 11) is 1.28. The third-order valence-corrected chi connectivity index (χ3v) is 2.12. The highest BCUT2D eigenvalue weighted by Gasteiger charge is 2.14. The van der Waals surface area contributed by atoms with E-state index in [9.17, 15) is 4.79 Å². The van der Waals surface area contributed by atoms with E-state index in [0.29, 0.717) is 11.1 Å². The molecule has 0 bridgehead atoms. The Morgan fingerprint density at radius 2 is 2.36 bits per heavy atom. The van der Waals surface area contributed by atoms with Crippen LogP contribution in [0.15, 0.2) is 6.07 Å². The maximum Gasteiger partial charge on any atom is 0.356 e. The summed E-state index contributed by atoms with van der Waals surface area (Å²) in [5, 5.41) is 9.01. The lowest BCUT2D eigenvalue weighted by molar-refractivity contribution is 0.0593. The van der Waals surface area contributed by atoms with Gasteiger partial charge in [0.05, 0.1) is 13.7 Å². The van der Waals surface area contributed by atoms with E-state index in [1.165, 1.54) is 7.11 Å². The Balaban J connectivity index is 3.21. The van der Waals surface area contributed by atoms with Crippen molar-refractivity contribution in [3.05, 3.63) is 28.0 Å². The Morgan fingerprint density at radius 3 is 2.86 bits per heavy atom. The molecule has 0 radical (unpaired) electrons. The van der Waals surface area contributed by atoms with Crippen molar-refractivity contribution >= 4 is 17.6 Å². The quantitative estimate of drug-likeness (QED) is 0.597. The van der Waals surface area contributed by atoms with Crippen molar-refractivity contribution < 1.29 is 14.6 Å². The summed E-state index contributed by atoms with van der Waals surface area (Å²) in [4.78, 5) is 15.0. The molecule has 1 rings (SSSR count). The molecule has 0 atom stereocenters. The smallest absolute Gasteiger partial charge is 0.356 e. The molecule has 0 saturated carbocycles. The molecule has 1 aromatic rings. The summed E-state index contributed by atoms with van der Waals surface area (Å²) in [6.45, 7) is 1.50. The molecule has 1 N–H and O–H groups in total. The fourth-order valence-electron chi connectivity index (χ4n) is 1.06. The SMILES string of the molecule is COC(=O)c1nc(Cl)c(CO)cc1C. The molecule has 1 heterocycles. The molecule has 0 saturated heterocycles. The lowest BCUT2D eigenvalue weighted by Crippen LogP contribution is -2.08. The van der Waals surface area contributed by atoms with E-state index in [0.717, 1.165) is 0 Å². The second-order valence-electron chi connectivity index (χ2n) is 2.75. The van der Waals surface area contributed by atoms with Gasteiger partial charge in [0, 0.05) is 5.56 Å². The molecule has 0 fully saturated rings. The van der Waals surface area contributed by atoms with E-state index >= 15 is 0 Å². The first kappa shape index (κ1) is 10.9. The van der Waals surface area contributed by atoms with Crippen molar-refractivity contribution in [2.45, 2.75) is 13.5 Å². The average molecular weight is 216 g/mol. The Morgan fingerprint density at radius 1 is 1.71 bits per heavy atom. The Hall–Kier alpha value is -1.13. The monoisotopic (exact) mass is 215 g/mol. The minimum Gasteiger partial charge on any atom is -0.464 e. The number of halogens is 1. The Labute approximate surface area is 86.5 Å². The predicted molar refractivity (Wildman–Crippen MR) is 51.2 cm³/mol. The summed E-state index contributed by atoms with van der Waals surface area (Å²) in [6, 6.07) is 1.61. The number of hydrogen-bond donors (Lipinski definition) is 1. The number of aliphatic hydroxyl groups excluding tert-OH is 1. The highest BCUT2D eigenvalue weighted by Crippen LogP contribution is 2.17. The number of aromatic nitrogens is 1. The number of aryl methyl sites for hydroxylation is 1. The zero-order chi connectivity index (χ0) is 10.7. The topological polar surface area (TPSA) is 59.4 Å². The van der Waals surface area contributed by atoms with Gasteiger partial charge in [-0.05, 0) is 18.6 Å². The lowest BCUT2D eigenvalue weighted by Gasteiger charge is -2.06. The molecule has 0 aliphatic carbocycles. The van der Waals surface area contributed by atoms with Crippen LogP contribution in [0.1, 0.15) is 21.6 Å². The third kappa shape index (κ3) is 2.02. The number of carbonyl (C=O) groups is 1. The van der Waals surface area contributed by atoms with Crippen LogP contribution < -0.4 is 0 Å². The van der Waals surface area contributed by atoms with Crippen LogP contribution in [-0.4, -0.2) is 23.2 Å². The fourth-order valence-corrected chi connectivity index (χ4v) is 1.26.